The highest BCUT2D eigenvalue weighted by Crippen LogP contribution is 2.25. The highest BCUT2D eigenvalue weighted by molar-refractivity contribution is 7.92. The van der Waals surface area contributed by atoms with Crippen molar-refractivity contribution in [3.63, 3.8) is 0 Å². The average Bonchev–Trinajstić information content (AvgIpc) is 2.58. The number of anilines is 1. The van der Waals surface area contributed by atoms with Gasteiger partial charge in [0, 0.05) is 12.0 Å². The lowest BCUT2D eigenvalue weighted by atomic mass is 9.96. The molecule has 2 aromatic rings. The Bertz CT molecular complexity index is 857. The number of hydrogen-bond donors (Lipinski definition) is 1. The SMILES string of the molecule is CC(C)(C)C(=O)NCCN(c1ccc(Oc2ccccc2)cc1)S(C)(=O)=O. The van der Waals surface area contributed by atoms with Gasteiger partial charge in [-0.25, -0.2) is 8.42 Å². The van der Waals surface area contributed by atoms with Gasteiger partial charge in [-0.2, -0.15) is 0 Å². The van der Waals surface area contributed by atoms with Crippen molar-refractivity contribution in [3.8, 4) is 11.5 Å². The number of hydrogen-bond acceptors (Lipinski definition) is 4. The van der Waals surface area contributed by atoms with Crippen LogP contribution in [0.15, 0.2) is 54.6 Å². The minimum atomic E-state index is -3.48. The number of ether oxygens (including phenoxy) is 1. The molecule has 0 heterocycles. The van der Waals surface area contributed by atoms with E-state index in [1.54, 1.807) is 24.3 Å². The predicted octanol–water partition coefficient (Wildman–Crippen LogP) is 3.41. The average molecular weight is 391 g/mol. The molecule has 6 nitrogen and oxygen atoms in total. The number of rotatable bonds is 7. The summed E-state index contributed by atoms with van der Waals surface area (Å²) in [4.78, 5) is 12.0. The molecule has 0 aliphatic rings. The zero-order valence-corrected chi connectivity index (χ0v) is 16.9. The van der Waals surface area contributed by atoms with E-state index >= 15 is 0 Å². The lowest BCUT2D eigenvalue weighted by Crippen LogP contribution is -2.41. The zero-order chi connectivity index (χ0) is 20.1. The second-order valence-electron chi connectivity index (χ2n) is 7.25. The number of carbonyl (C=O) groups is 1. The molecule has 1 amide bonds. The highest BCUT2D eigenvalue weighted by Gasteiger charge is 2.22. The number of nitrogens with zero attached hydrogens (tertiary/aromatic N) is 1. The normalized spacial score (nSPS) is 11.7. The molecule has 27 heavy (non-hydrogen) atoms. The van der Waals surface area contributed by atoms with Gasteiger partial charge >= 0.3 is 0 Å². The van der Waals surface area contributed by atoms with Crippen LogP contribution in [-0.4, -0.2) is 33.7 Å². The topological polar surface area (TPSA) is 75.7 Å². The monoisotopic (exact) mass is 390 g/mol. The maximum absolute atomic E-state index is 12.2. The first-order chi connectivity index (χ1) is 12.6. The molecule has 0 unspecified atom stereocenters. The van der Waals surface area contributed by atoms with Gasteiger partial charge in [0.05, 0.1) is 18.5 Å². The van der Waals surface area contributed by atoms with Crippen molar-refractivity contribution in [2.75, 3.05) is 23.7 Å². The lowest BCUT2D eigenvalue weighted by molar-refractivity contribution is -0.128. The van der Waals surface area contributed by atoms with Crippen molar-refractivity contribution in [2.24, 2.45) is 5.41 Å². The minimum absolute atomic E-state index is 0.123. The number of amides is 1. The largest absolute Gasteiger partial charge is 0.457 e. The third-order valence-corrected chi connectivity index (χ3v) is 4.98. The van der Waals surface area contributed by atoms with Gasteiger partial charge in [0.1, 0.15) is 11.5 Å². The van der Waals surface area contributed by atoms with Crippen LogP contribution >= 0.6 is 0 Å². The Morgan fingerprint density at radius 2 is 1.56 bits per heavy atom. The maximum atomic E-state index is 12.2. The minimum Gasteiger partial charge on any atom is -0.457 e. The quantitative estimate of drug-likeness (QED) is 0.786. The maximum Gasteiger partial charge on any atom is 0.232 e. The van der Waals surface area contributed by atoms with Crippen molar-refractivity contribution in [1.29, 1.82) is 0 Å². The van der Waals surface area contributed by atoms with E-state index in [2.05, 4.69) is 5.32 Å². The van der Waals surface area contributed by atoms with Crippen LogP contribution < -0.4 is 14.4 Å². The first-order valence-electron chi connectivity index (χ1n) is 8.66. The van der Waals surface area contributed by atoms with Gasteiger partial charge in [0.2, 0.25) is 15.9 Å². The van der Waals surface area contributed by atoms with Gasteiger partial charge in [-0.3, -0.25) is 9.10 Å². The van der Waals surface area contributed by atoms with Crippen LogP contribution in [0.3, 0.4) is 0 Å². The first kappa shape index (κ1) is 20.8. The Morgan fingerprint density at radius 1 is 1.00 bits per heavy atom. The van der Waals surface area contributed by atoms with E-state index in [9.17, 15) is 13.2 Å². The van der Waals surface area contributed by atoms with Crippen molar-refractivity contribution in [2.45, 2.75) is 20.8 Å². The van der Waals surface area contributed by atoms with Crippen molar-refractivity contribution >= 4 is 21.6 Å². The van der Waals surface area contributed by atoms with Gasteiger partial charge in [-0.1, -0.05) is 39.0 Å². The summed E-state index contributed by atoms with van der Waals surface area (Å²) in [5.41, 5.74) is -0.00489. The van der Waals surface area contributed by atoms with Crippen LogP contribution in [0.2, 0.25) is 0 Å². The fraction of sp³-hybridized carbons (Fsp3) is 0.350. The van der Waals surface area contributed by atoms with E-state index in [1.165, 1.54) is 4.31 Å². The van der Waals surface area contributed by atoms with Gasteiger partial charge in [0.25, 0.3) is 0 Å². The van der Waals surface area contributed by atoms with Gasteiger partial charge in [-0.15, -0.1) is 0 Å². The molecule has 0 aliphatic heterocycles. The number of nitrogens with one attached hydrogen (secondary N) is 1. The van der Waals surface area contributed by atoms with E-state index in [4.69, 9.17) is 4.74 Å². The van der Waals surface area contributed by atoms with Crippen LogP contribution in [0.5, 0.6) is 11.5 Å². The van der Waals surface area contributed by atoms with E-state index in [0.29, 0.717) is 17.2 Å². The van der Waals surface area contributed by atoms with Crippen LogP contribution in [0.25, 0.3) is 0 Å². The first-order valence-corrected chi connectivity index (χ1v) is 10.5. The highest BCUT2D eigenvalue weighted by atomic mass is 32.2. The second-order valence-corrected chi connectivity index (χ2v) is 9.16. The summed E-state index contributed by atoms with van der Waals surface area (Å²) in [5.74, 6) is 1.19. The van der Waals surface area contributed by atoms with Crippen molar-refractivity contribution < 1.29 is 17.9 Å². The third-order valence-electron chi connectivity index (χ3n) is 3.79. The third kappa shape index (κ3) is 6.29. The molecule has 0 aliphatic carbocycles. The lowest BCUT2D eigenvalue weighted by Gasteiger charge is -2.24. The molecule has 146 valence electrons. The number of benzene rings is 2. The molecule has 0 spiro atoms. The van der Waals surface area contributed by atoms with Crippen molar-refractivity contribution in [1.82, 2.24) is 5.32 Å². The molecule has 2 rings (SSSR count). The number of sulfonamides is 1. The van der Waals surface area contributed by atoms with Gasteiger partial charge in [-0.05, 0) is 36.4 Å². The van der Waals surface area contributed by atoms with E-state index in [-0.39, 0.29) is 19.0 Å². The Labute approximate surface area is 161 Å². The summed E-state index contributed by atoms with van der Waals surface area (Å²) in [7, 11) is -3.48. The van der Waals surface area contributed by atoms with E-state index in [1.807, 2.05) is 51.1 Å². The Balaban J connectivity index is 2.07. The molecule has 0 fully saturated rings. The molecule has 0 saturated carbocycles. The molecule has 0 aromatic heterocycles. The number of para-hydroxylation sites is 1. The number of carbonyl (C=O) groups excluding carboxylic acids is 1. The van der Waals surface area contributed by atoms with Crippen LogP contribution in [0, 0.1) is 5.41 Å². The Morgan fingerprint density at radius 3 is 2.07 bits per heavy atom. The molecule has 0 saturated heterocycles. The van der Waals surface area contributed by atoms with Crippen LogP contribution in [-0.2, 0) is 14.8 Å². The van der Waals surface area contributed by atoms with Crippen LogP contribution in [0.1, 0.15) is 20.8 Å². The molecular weight excluding hydrogens is 364 g/mol. The Hall–Kier alpha value is -2.54. The van der Waals surface area contributed by atoms with Crippen molar-refractivity contribution in [3.05, 3.63) is 54.6 Å². The molecule has 0 atom stereocenters. The second kappa shape index (κ2) is 8.43. The smallest absolute Gasteiger partial charge is 0.232 e. The fourth-order valence-corrected chi connectivity index (χ4v) is 3.26. The molecular formula is C20H26N2O4S. The van der Waals surface area contributed by atoms with Gasteiger partial charge in [0.15, 0.2) is 0 Å². The molecule has 1 N–H and O–H groups in total. The summed E-state index contributed by atoms with van der Waals surface area (Å²) in [5, 5.41) is 2.77. The van der Waals surface area contributed by atoms with E-state index in [0.717, 1.165) is 6.26 Å². The summed E-state index contributed by atoms with van der Waals surface area (Å²) in [6.45, 7) is 5.80. The molecule has 0 radical (unpaired) electrons. The summed E-state index contributed by atoms with van der Waals surface area (Å²) in [6, 6.07) is 16.1. The molecule has 7 heteroatoms. The summed E-state index contributed by atoms with van der Waals surface area (Å²) < 4.78 is 31.3. The van der Waals surface area contributed by atoms with Crippen LogP contribution in [0.4, 0.5) is 5.69 Å². The summed E-state index contributed by atoms with van der Waals surface area (Å²) in [6.07, 6.45) is 1.15. The molecule has 2 aromatic carbocycles. The summed E-state index contributed by atoms with van der Waals surface area (Å²) >= 11 is 0. The predicted molar refractivity (Wildman–Crippen MR) is 108 cm³/mol. The van der Waals surface area contributed by atoms with E-state index < -0.39 is 15.4 Å². The molecule has 0 bridgehead atoms. The zero-order valence-electron chi connectivity index (χ0n) is 16.1. The fourth-order valence-electron chi connectivity index (χ4n) is 2.33. The Kier molecular flexibility index (Phi) is 6.49. The standard InChI is InChI=1S/C20H26N2O4S/c1-20(2,3)19(23)21-14-15-22(27(4,24)25)16-10-12-18(13-11-16)26-17-8-6-5-7-9-17/h5-13H,14-15H2,1-4H3,(H,21,23). The van der Waals surface area contributed by atoms with Gasteiger partial charge < -0.3 is 10.1 Å².